The number of nitrogens with one attached hydrogen (secondary N) is 2. The number of pyridine rings is 1. The molecule has 3 heterocycles. The Balaban J connectivity index is 1.34. The lowest BCUT2D eigenvalue weighted by Crippen LogP contribution is -2.35. The first-order valence-corrected chi connectivity index (χ1v) is 15.1. The van der Waals surface area contributed by atoms with Crippen LogP contribution in [0.15, 0.2) is 36.5 Å². The van der Waals surface area contributed by atoms with E-state index in [9.17, 15) is 28.6 Å². The number of hydrogen-bond acceptors (Lipinski definition) is 11. The van der Waals surface area contributed by atoms with Crippen molar-refractivity contribution in [2.75, 3.05) is 10.6 Å². The highest BCUT2D eigenvalue weighted by molar-refractivity contribution is 7.21. The van der Waals surface area contributed by atoms with Crippen LogP contribution in [-0.4, -0.2) is 54.8 Å². The fourth-order valence-electron chi connectivity index (χ4n) is 5.63. The number of nitrogens with zero attached hydrogens (tertiary/aromatic N) is 5. The summed E-state index contributed by atoms with van der Waals surface area (Å²) in [4.78, 5) is 19.0. The summed E-state index contributed by atoms with van der Waals surface area (Å²) in [7, 11) is 0. The van der Waals surface area contributed by atoms with Gasteiger partial charge < -0.3 is 25.6 Å². The summed E-state index contributed by atoms with van der Waals surface area (Å²) in [6.45, 7) is 3.65. The molecule has 5 atom stereocenters. The summed E-state index contributed by atoms with van der Waals surface area (Å²) in [5.74, 6) is 0.336. The third-order valence-electron chi connectivity index (χ3n) is 8.04. The summed E-state index contributed by atoms with van der Waals surface area (Å²) in [6, 6.07) is 8.57. The van der Waals surface area contributed by atoms with Crippen molar-refractivity contribution in [2.45, 2.75) is 76.1 Å². The fourth-order valence-corrected chi connectivity index (χ4v) is 6.70. The molecule has 44 heavy (non-hydrogen) atoms. The van der Waals surface area contributed by atoms with Crippen LogP contribution in [0.5, 0.6) is 5.75 Å². The van der Waals surface area contributed by atoms with E-state index in [1.165, 1.54) is 35.6 Å². The number of aliphatic hydroxyl groups excluding tert-OH is 2. The third kappa shape index (κ3) is 6.26. The average Bonchev–Trinajstić information content (AvgIpc) is 3.67. The van der Waals surface area contributed by atoms with Crippen molar-refractivity contribution in [2.24, 2.45) is 5.92 Å². The van der Waals surface area contributed by atoms with Crippen LogP contribution in [-0.2, 0) is 0 Å². The monoisotopic (exact) mass is 625 g/mol. The SMILES string of the molecule is Cc1nc(N[C@H](C)c2ccc(OC(F)(F)F)cc2)nc(N[C@@H]2C[C@H](CC#N)[C@@H](O)[C@H]2O)c1-c1nc2c(C3CC3)nccc2s1. The van der Waals surface area contributed by atoms with Crippen LogP contribution in [0.4, 0.5) is 24.9 Å². The number of rotatable bonds is 9. The summed E-state index contributed by atoms with van der Waals surface area (Å²) < 4.78 is 42.7. The van der Waals surface area contributed by atoms with Gasteiger partial charge in [-0.2, -0.15) is 10.2 Å². The second-order valence-corrected chi connectivity index (χ2v) is 12.3. The van der Waals surface area contributed by atoms with E-state index >= 15 is 0 Å². The van der Waals surface area contributed by atoms with Crippen LogP contribution < -0.4 is 15.4 Å². The molecule has 230 valence electrons. The van der Waals surface area contributed by atoms with Crippen molar-refractivity contribution < 1.29 is 28.1 Å². The standard InChI is InChI=1S/C30H30F3N7O3S/c1-14(16-5-7-19(8-6-16)43-30(31,32)33)36-29-37-15(2)22(27(40-29)38-20-13-18(9-11-34)25(41)26(20)42)28-39-24-21(44-28)10-12-35-23(24)17-3-4-17/h5-8,10,12,14,17-18,20,25-26,41-42H,3-4,9,13H2,1-2H3,(H2,36,37,38,40)/t14-,18+,20-,25-,26+/m1/s1. The molecule has 1 aromatic carbocycles. The molecule has 0 radical (unpaired) electrons. The van der Waals surface area contributed by atoms with Crippen molar-refractivity contribution >= 4 is 33.3 Å². The molecule has 0 saturated heterocycles. The van der Waals surface area contributed by atoms with Gasteiger partial charge in [-0.15, -0.1) is 24.5 Å². The smallest absolute Gasteiger partial charge is 0.406 e. The number of hydrogen-bond donors (Lipinski definition) is 4. The first-order valence-electron chi connectivity index (χ1n) is 14.3. The van der Waals surface area contributed by atoms with Crippen LogP contribution in [0.2, 0.25) is 0 Å². The van der Waals surface area contributed by atoms with Gasteiger partial charge in [-0.25, -0.2) is 9.97 Å². The summed E-state index contributed by atoms with van der Waals surface area (Å²) in [6.07, 6.45) is -2.54. The van der Waals surface area contributed by atoms with Crippen molar-refractivity contribution in [3.8, 4) is 22.4 Å². The zero-order valence-electron chi connectivity index (χ0n) is 23.8. The van der Waals surface area contributed by atoms with E-state index in [1.54, 1.807) is 6.20 Å². The molecular formula is C30H30F3N7O3S. The molecule has 14 heteroatoms. The molecule has 10 nitrogen and oxygen atoms in total. The Hall–Kier alpha value is -4.06. The van der Waals surface area contributed by atoms with Crippen LogP contribution in [0.3, 0.4) is 0 Å². The van der Waals surface area contributed by atoms with Crippen molar-refractivity contribution in [3.05, 3.63) is 53.5 Å². The molecule has 0 aliphatic heterocycles. The Morgan fingerprint density at radius 2 is 1.86 bits per heavy atom. The number of alkyl halides is 3. The van der Waals surface area contributed by atoms with E-state index in [4.69, 9.17) is 15.0 Å². The Morgan fingerprint density at radius 1 is 1.11 bits per heavy atom. The van der Waals surface area contributed by atoms with Crippen molar-refractivity contribution in [1.82, 2.24) is 19.9 Å². The number of halogens is 3. The number of anilines is 2. The van der Waals surface area contributed by atoms with Crippen LogP contribution in [0, 0.1) is 24.2 Å². The number of benzene rings is 1. The van der Waals surface area contributed by atoms with E-state index in [0.717, 1.165) is 28.8 Å². The second-order valence-electron chi connectivity index (χ2n) is 11.3. The van der Waals surface area contributed by atoms with E-state index < -0.39 is 30.5 Å². The Kier molecular flexibility index (Phi) is 8.04. The first-order chi connectivity index (χ1) is 21.0. The summed E-state index contributed by atoms with van der Waals surface area (Å²) in [5.41, 5.74) is 3.75. The maximum absolute atomic E-state index is 12.6. The van der Waals surface area contributed by atoms with Crippen LogP contribution >= 0.6 is 11.3 Å². The minimum absolute atomic E-state index is 0.109. The Labute approximate surface area is 255 Å². The predicted molar refractivity (Wildman–Crippen MR) is 158 cm³/mol. The second kappa shape index (κ2) is 11.8. The van der Waals surface area contributed by atoms with Gasteiger partial charge >= 0.3 is 6.36 Å². The van der Waals surface area contributed by atoms with Crippen molar-refractivity contribution in [1.29, 1.82) is 5.26 Å². The van der Waals surface area contributed by atoms with Crippen molar-refractivity contribution in [3.63, 3.8) is 0 Å². The third-order valence-corrected chi connectivity index (χ3v) is 9.08. The number of ether oxygens (including phenoxy) is 1. The molecule has 2 aliphatic rings. The maximum Gasteiger partial charge on any atom is 0.573 e. The van der Waals surface area contributed by atoms with Crippen LogP contribution in [0.25, 0.3) is 20.8 Å². The maximum atomic E-state index is 12.6. The minimum atomic E-state index is -4.78. The molecule has 0 unspecified atom stereocenters. The van der Waals surface area contributed by atoms with E-state index in [0.29, 0.717) is 40.0 Å². The molecule has 4 N–H and O–H groups in total. The number of aliphatic hydroxyl groups is 2. The van der Waals surface area contributed by atoms with E-state index in [1.807, 2.05) is 19.9 Å². The van der Waals surface area contributed by atoms with Gasteiger partial charge in [-0.05, 0) is 56.9 Å². The molecule has 0 bridgehead atoms. The molecule has 2 fully saturated rings. The number of aryl methyl sites for hydroxylation is 1. The lowest BCUT2D eigenvalue weighted by molar-refractivity contribution is -0.274. The summed E-state index contributed by atoms with van der Waals surface area (Å²) in [5, 5.41) is 37.8. The van der Waals surface area contributed by atoms with Gasteiger partial charge in [0.25, 0.3) is 0 Å². The minimum Gasteiger partial charge on any atom is -0.406 e. The Morgan fingerprint density at radius 3 is 2.55 bits per heavy atom. The number of aromatic nitrogens is 4. The fraction of sp³-hybridized carbons (Fsp3) is 0.433. The van der Waals surface area contributed by atoms with Gasteiger partial charge in [0.1, 0.15) is 28.2 Å². The average molecular weight is 626 g/mol. The summed E-state index contributed by atoms with van der Waals surface area (Å²) >= 11 is 1.49. The number of thiazole rings is 1. The van der Waals surface area contributed by atoms with Gasteiger partial charge in [0.15, 0.2) is 0 Å². The highest BCUT2D eigenvalue weighted by Gasteiger charge is 2.42. The normalized spacial score (nSPS) is 22.5. The quantitative estimate of drug-likeness (QED) is 0.179. The number of nitriles is 1. The zero-order valence-corrected chi connectivity index (χ0v) is 24.7. The highest BCUT2D eigenvalue weighted by atomic mass is 32.1. The lowest BCUT2D eigenvalue weighted by Gasteiger charge is -2.22. The highest BCUT2D eigenvalue weighted by Crippen LogP contribution is 2.45. The molecule has 6 rings (SSSR count). The van der Waals surface area contributed by atoms with Gasteiger partial charge in [0.05, 0.1) is 45.9 Å². The first kappa shape index (κ1) is 30.0. The van der Waals surface area contributed by atoms with Gasteiger partial charge in [-0.3, -0.25) is 4.98 Å². The molecule has 3 aromatic heterocycles. The van der Waals surface area contributed by atoms with Gasteiger partial charge in [-0.1, -0.05) is 12.1 Å². The molecule has 2 aliphatic carbocycles. The largest absolute Gasteiger partial charge is 0.573 e. The number of fused-ring (bicyclic) bond motifs is 1. The van der Waals surface area contributed by atoms with E-state index in [2.05, 4.69) is 26.4 Å². The lowest BCUT2D eigenvalue weighted by atomic mass is 10.0. The van der Waals surface area contributed by atoms with E-state index in [-0.39, 0.29) is 24.2 Å². The molecular weight excluding hydrogens is 595 g/mol. The molecule has 4 aromatic rings. The molecule has 2 saturated carbocycles. The van der Waals surface area contributed by atoms with Gasteiger partial charge in [0, 0.05) is 24.5 Å². The molecule has 0 amide bonds. The Bertz CT molecular complexity index is 1710. The van der Waals surface area contributed by atoms with Crippen LogP contribution in [0.1, 0.15) is 61.5 Å². The molecule has 0 spiro atoms. The zero-order chi connectivity index (χ0) is 31.2. The predicted octanol–water partition coefficient (Wildman–Crippen LogP) is 5.84. The van der Waals surface area contributed by atoms with Gasteiger partial charge in [0.2, 0.25) is 5.95 Å². The topological polar surface area (TPSA) is 149 Å².